The molecule has 1 heterocycles. The van der Waals surface area contributed by atoms with Crippen LogP contribution in [-0.2, 0) is 13.0 Å². The molecule has 4 rings (SSSR count). The molecule has 0 unspecified atom stereocenters. The third kappa shape index (κ3) is 5.17. The summed E-state index contributed by atoms with van der Waals surface area (Å²) in [5.74, 6) is 0.268. The molecule has 1 aliphatic heterocycles. The second kappa shape index (κ2) is 9.95. The smallest absolute Gasteiger partial charge is 0.271 e. The van der Waals surface area contributed by atoms with Gasteiger partial charge in [0.15, 0.2) is 0 Å². The summed E-state index contributed by atoms with van der Waals surface area (Å²) in [6, 6.07) is 19.7. The van der Waals surface area contributed by atoms with Crippen molar-refractivity contribution >= 4 is 23.5 Å². The molecule has 0 radical (unpaired) electrons. The highest BCUT2D eigenvalue weighted by atomic mass is 16.6. The number of nitro benzene ring substituents is 1. The Hall–Kier alpha value is -4.20. The first kappa shape index (κ1) is 22.0. The van der Waals surface area contributed by atoms with Crippen LogP contribution in [0.5, 0.6) is 5.75 Å². The Kier molecular flexibility index (Phi) is 6.64. The van der Waals surface area contributed by atoms with Crippen molar-refractivity contribution in [3.05, 3.63) is 99.1 Å². The molecular weight excluding hydrogens is 420 g/mol. The second-order valence-corrected chi connectivity index (χ2v) is 7.73. The number of hydrogen-bond acceptors (Lipinski definition) is 6. The number of methoxy groups -OCH3 is 1. The quantitative estimate of drug-likeness (QED) is 0.333. The summed E-state index contributed by atoms with van der Waals surface area (Å²) in [6.45, 7) is 1.67. The van der Waals surface area contributed by atoms with Crippen molar-refractivity contribution in [2.24, 2.45) is 5.10 Å². The zero-order valence-electron chi connectivity index (χ0n) is 18.2. The fourth-order valence-corrected chi connectivity index (χ4v) is 3.97. The first-order valence-electron chi connectivity index (χ1n) is 10.6. The molecule has 0 aliphatic carbocycles. The van der Waals surface area contributed by atoms with E-state index < -0.39 is 10.8 Å². The molecule has 0 saturated heterocycles. The summed E-state index contributed by atoms with van der Waals surface area (Å²) in [7, 11) is 1.65. The van der Waals surface area contributed by atoms with Crippen LogP contribution in [-0.4, -0.2) is 30.7 Å². The maximum Gasteiger partial charge on any atom is 0.271 e. The van der Waals surface area contributed by atoms with Gasteiger partial charge in [0.25, 0.3) is 11.6 Å². The Morgan fingerprint density at radius 1 is 1.18 bits per heavy atom. The van der Waals surface area contributed by atoms with E-state index in [1.165, 1.54) is 35.5 Å². The van der Waals surface area contributed by atoms with Gasteiger partial charge >= 0.3 is 0 Å². The third-order valence-corrected chi connectivity index (χ3v) is 5.57. The number of ether oxygens (including phenoxy) is 1. The van der Waals surface area contributed by atoms with Crippen LogP contribution in [0.25, 0.3) is 0 Å². The summed E-state index contributed by atoms with van der Waals surface area (Å²) in [5, 5.41) is 14.9. The lowest BCUT2D eigenvalue weighted by Gasteiger charge is -2.31. The predicted octanol–water partition coefficient (Wildman–Crippen LogP) is 4.32. The Morgan fingerprint density at radius 3 is 2.85 bits per heavy atom. The van der Waals surface area contributed by atoms with Crippen LogP contribution in [0.2, 0.25) is 0 Å². The van der Waals surface area contributed by atoms with Gasteiger partial charge in [-0.2, -0.15) is 5.10 Å². The van der Waals surface area contributed by atoms with Crippen molar-refractivity contribution in [2.45, 2.75) is 19.4 Å². The van der Waals surface area contributed by atoms with Crippen LogP contribution >= 0.6 is 0 Å². The lowest BCUT2D eigenvalue weighted by molar-refractivity contribution is -0.384. The van der Waals surface area contributed by atoms with Gasteiger partial charge in [-0.05, 0) is 54.3 Å². The number of carbonyl (C=O) groups excluding carboxylic acids is 1. The number of rotatable bonds is 7. The lowest BCUT2D eigenvalue weighted by Crippen LogP contribution is -2.29. The predicted molar refractivity (Wildman–Crippen MR) is 127 cm³/mol. The van der Waals surface area contributed by atoms with Crippen LogP contribution in [0.3, 0.4) is 0 Å². The molecule has 8 heteroatoms. The van der Waals surface area contributed by atoms with Crippen LogP contribution < -0.4 is 15.1 Å². The number of anilines is 1. The molecule has 0 atom stereocenters. The number of para-hydroxylation sites is 1. The van der Waals surface area contributed by atoms with Gasteiger partial charge in [-0.25, -0.2) is 5.43 Å². The molecular formula is C25H24N4O4. The second-order valence-electron chi connectivity index (χ2n) is 7.73. The van der Waals surface area contributed by atoms with Crippen LogP contribution in [0.15, 0.2) is 71.8 Å². The van der Waals surface area contributed by atoms with Gasteiger partial charge in [-0.3, -0.25) is 14.9 Å². The van der Waals surface area contributed by atoms with Crippen molar-refractivity contribution in [1.29, 1.82) is 0 Å². The van der Waals surface area contributed by atoms with Gasteiger partial charge in [-0.15, -0.1) is 0 Å². The Balaban J connectivity index is 1.48. The van der Waals surface area contributed by atoms with Gasteiger partial charge in [0.2, 0.25) is 0 Å². The van der Waals surface area contributed by atoms with Gasteiger partial charge in [0, 0.05) is 42.0 Å². The molecule has 8 nitrogen and oxygen atoms in total. The molecule has 1 aliphatic rings. The van der Waals surface area contributed by atoms with E-state index in [1.54, 1.807) is 13.3 Å². The number of benzene rings is 3. The van der Waals surface area contributed by atoms with E-state index in [0.717, 1.165) is 36.3 Å². The van der Waals surface area contributed by atoms with Gasteiger partial charge < -0.3 is 9.64 Å². The van der Waals surface area contributed by atoms with Crippen molar-refractivity contribution in [3.8, 4) is 5.75 Å². The number of hydrazone groups is 1. The van der Waals surface area contributed by atoms with Gasteiger partial charge in [-0.1, -0.05) is 24.3 Å². The molecule has 0 saturated carbocycles. The fourth-order valence-electron chi connectivity index (χ4n) is 3.97. The highest BCUT2D eigenvalue weighted by Crippen LogP contribution is 2.30. The molecule has 0 fully saturated rings. The number of fused-ring (bicyclic) bond motifs is 1. The van der Waals surface area contributed by atoms with E-state index in [1.807, 2.05) is 18.2 Å². The molecule has 0 spiro atoms. The zero-order chi connectivity index (χ0) is 23.2. The average Bonchev–Trinajstić information content (AvgIpc) is 2.84. The van der Waals surface area contributed by atoms with Crippen LogP contribution in [0.1, 0.15) is 33.5 Å². The van der Waals surface area contributed by atoms with E-state index in [-0.39, 0.29) is 11.3 Å². The summed E-state index contributed by atoms with van der Waals surface area (Å²) < 4.78 is 5.56. The van der Waals surface area contributed by atoms with Crippen molar-refractivity contribution in [3.63, 3.8) is 0 Å². The van der Waals surface area contributed by atoms with Gasteiger partial charge in [0.05, 0.1) is 18.2 Å². The normalized spacial score (nSPS) is 12.9. The molecule has 33 heavy (non-hydrogen) atoms. The summed E-state index contributed by atoms with van der Waals surface area (Å²) in [6.07, 6.45) is 3.73. The highest BCUT2D eigenvalue weighted by Gasteiger charge is 2.18. The maximum absolute atomic E-state index is 12.3. The molecule has 3 aromatic rings. The summed E-state index contributed by atoms with van der Waals surface area (Å²) in [4.78, 5) is 25.0. The molecule has 0 aromatic heterocycles. The highest BCUT2D eigenvalue weighted by molar-refractivity contribution is 5.95. The van der Waals surface area contributed by atoms with Crippen LogP contribution in [0, 0.1) is 10.1 Å². The number of amides is 1. The molecule has 1 N–H and O–H groups in total. The SMILES string of the molecule is COc1ccc(/C=N\NC(=O)c2cccc([N+](=O)[O-])c2)cc1CN1CCCc2ccccc21. The Bertz CT molecular complexity index is 1210. The molecule has 168 valence electrons. The monoisotopic (exact) mass is 444 g/mol. The Morgan fingerprint density at radius 2 is 2.03 bits per heavy atom. The Labute approximate surface area is 191 Å². The number of carbonyl (C=O) groups is 1. The largest absolute Gasteiger partial charge is 0.496 e. The number of hydrogen-bond donors (Lipinski definition) is 1. The number of nitrogens with one attached hydrogen (secondary N) is 1. The van der Waals surface area contributed by atoms with Crippen molar-refractivity contribution in [2.75, 3.05) is 18.6 Å². The van der Waals surface area contributed by atoms with Crippen molar-refractivity contribution in [1.82, 2.24) is 5.43 Å². The summed E-state index contributed by atoms with van der Waals surface area (Å²) in [5.41, 5.74) is 6.86. The zero-order valence-corrected chi connectivity index (χ0v) is 18.2. The van der Waals surface area contributed by atoms with Gasteiger partial charge in [0.1, 0.15) is 5.75 Å². The van der Waals surface area contributed by atoms with Crippen molar-refractivity contribution < 1.29 is 14.5 Å². The number of non-ortho nitro benzene ring substituents is 1. The average molecular weight is 444 g/mol. The van der Waals surface area contributed by atoms with E-state index in [2.05, 4.69) is 39.7 Å². The standard InChI is InChI=1S/C25H24N4O4/c1-33-24-12-11-18(16-26-27-25(30)20-7-4-9-22(15-20)29(31)32)14-21(24)17-28-13-5-8-19-6-2-3-10-23(19)28/h2-4,6-7,9-12,14-16H,5,8,13,17H2,1H3,(H,27,30)/b26-16-. The molecule has 3 aromatic carbocycles. The molecule has 1 amide bonds. The van der Waals surface area contributed by atoms with E-state index in [4.69, 9.17) is 4.74 Å². The minimum Gasteiger partial charge on any atom is -0.496 e. The topological polar surface area (TPSA) is 97.1 Å². The summed E-state index contributed by atoms with van der Waals surface area (Å²) >= 11 is 0. The lowest BCUT2D eigenvalue weighted by atomic mass is 10.0. The number of nitro groups is 1. The maximum atomic E-state index is 12.3. The van der Waals surface area contributed by atoms with E-state index >= 15 is 0 Å². The number of aryl methyl sites for hydroxylation is 1. The first-order valence-corrected chi connectivity index (χ1v) is 10.6. The number of nitrogens with zero attached hydrogens (tertiary/aromatic N) is 3. The van der Waals surface area contributed by atoms with E-state index in [0.29, 0.717) is 6.54 Å². The minimum absolute atomic E-state index is 0.147. The first-order chi connectivity index (χ1) is 16.0. The fraction of sp³-hybridized carbons (Fsp3) is 0.200. The minimum atomic E-state index is -0.542. The molecule has 0 bridgehead atoms. The third-order valence-electron chi connectivity index (χ3n) is 5.57. The van der Waals surface area contributed by atoms with E-state index in [9.17, 15) is 14.9 Å². The van der Waals surface area contributed by atoms with Crippen LogP contribution in [0.4, 0.5) is 11.4 Å².